The minimum atomic E-state index is -0.472. The van der Waals surface area contributed by atoms with Gasteiger partial charge in [0, 0.05) is 17.1 Å². The Morgan fingerprint density at radius 2 is 2.12 bits per heavy atom. The summed E-state index contributed by atoms with van der Waals surface area (Å²) in [6, 6.07) is 4.50. The molecule has 1 aromatic carbocycles. The van der Waals surface area contributed by atoms with E-state index in [-0.39, 0.29) is 17.5 Å². The Morgan fingerprint density at radius 3 is 2.65 bits per heavy atom. The fraction of sp³-hybridized carbons (Fsp3) is 0.462. The number of benzene rings is 1. The third-order valence-corrected chi connectivity index (χ3v) is 3.00. The molecule has 0 atom stereocenters. The number of nitrogens with zero attached hydrogens (tertiary/aromatic N) is 1. The molecule has 0 saturated carbocycles. The highest BCUT2D eigenvalue weighted by atomic mass is 79.9. The second-order valence-corrected chi connectivity index (χ2v) is 5.13. The molecule has 0 heterocycles. The molecule has 0 aliphatic rings. The van der Waals surface area contributed by atoms with E-state index in [2.05, 4.69) is 15.9 Å². The van der Waals surface area contributed by atoms with Crippen molar-refractivity contribution in [1.29, 1.82) is 0 Å². The summed E-state index contributed by atoms with van der Waals surface area (Å²) in [4.78, 5) is 13.9. The van der Waals surface area contributed by atoms with Crippen LogP contribution in [0.3, 0.4) is 0 Å². The second kappa shape index (κ2) is 6.15. The maximum atomic E-state index is 13.6. The second-order valence-electron chi connectivity index (χ2n) is 4.22. The highest BCUT2D eigenvalue weighted by Crippen LogP contribution is 2.18. The van der Waals surface area contributed by atoms with Crippen molar-refractivity contribution >= 4 is 21.8 Å². The van der Waals surface area contributed by atoms with Gasteiger partial charge >= 0.3 is 0 Å². The smallest absolute Gasteiger partial charge is 0.257 e. The molecule has 0 aliphatic heterocycles. The van der Waals surface area contributed by atoms with Crippen molar-refractivity contribution in [3.8, 4) is 0 Å². The molecule has 94 valence electrons. The van der Waals surface area contributed by atoms with Crippen LogP contribution in [0.2, 0.25) is 0 Å². The van der Waals surface area contributed by atoms with Crippen LogP contribution in [0.4, 0.5) is 4.39 Å². The number of carbonyl (C=O) groups excluding carboxylic acids is 1. The topological polar surface area (TPSA) is 20.3 Å². The van der Waals surface area contributed by atoms with Gasteiger partial charge in [0.2, 0.25) is 0 Å². The van der Waals surface area contributed by atoms with Crippen molar-refractivity contribution in [2.75, 3.05) is 6.54 Å². The third-order valence-electron chi connectivity index (χ3n) is 2.51. The predicted molar refractivity (Wildman–Crippen MR) is 70.6 cm³/mol. The van der Waals surface area contributed by atoms with Crippen LogP contribution in [-0.2, 0) is 0 Å². The molecule has 1 amide bonds. The maximum absolute atomic E-state index is 13.6. The third kappa shape index (κ3) is 3.53. The molecule has 0 spiro atoms. The lowest BCUT2D eigenvalue weighted by Gasteiger charge is -2.26. The van der Waals surface area contributed by atoms with Crippen LogP contribution in [0.5, 0.6) is 0 Å². The summed E-state index contributed by atoms with van der Waals surface area (Å²) in [5.41, 5.74) is 0.126. The highest BCUT2D eigenvalue weighted by molar-refractivity contribution is 9.10. The number of carbonyl (C=O) groups is 1. The Morgan fingerprint density at radius 1 is 1.47 bits per heavy atom. The van der Waals surface area contributed by atoms with E-state index in [0.717, 1.165) is 6.42 Å². The van der Waals surface area contributed by atoms with Crippen molar-refractivity contribution < 1.29 is 9.18 Å². The van der Waals surface area contributed by atoms with Gasteiger partial charge in [-0.05, 0) is 38.5 Å². The Labute approximate surface area is 110 Å². The van der Waals surface area contributed by atoms with Gasteiger partial charge in [0.05, 0.1) is 5.56 Å². The largest absolute Gasteiger partial charge is 0.336 e. The molecule has 0 radical (unpaired) electrons. The summed E-state index contributed by atoms with van der Waals surface area (Å²) in [6.07, 6.45) is 0.861. The summed E-state index contributed by atoms with van der Waals surface area (Å²) in [7, 11) is 0. The van der Waals surface area contributed by atoms with Crippen LogP contribution in [-0.4, -0.2) is 23.4 Å². The summed E-state index contributed by atoms with van der Waals surface area (Å²) < 4.78 is 14.3. The Kier molecular flexibility index (Phi) is 5.12. The van der Waals surface area contributed by atoms with Gasteiger partial charge < -0.3 is 4.90 Å². The molecule has 0 N–H and O–H groups in total. The minimum absolute atomic E-state index is 0.0702. The number of hydrogen-bond acceptors (Lipinski definition) is 1. The summed E-state index contributed by atoms with van der Waals surface area (Å²) in [5.74, 6) is -0.722. The highest BCUT2D eigenvalue weighted by Gasteiger charge is 2.21. The molecule has 1 rings (SSSR count). The lowest BCUT2D eigenvalue weighted by Crippen LogP contribution is -2.38. The SMILES string of the molecule is CCCN(C(=O)c1cc(Br)ccc1F)C(C)C. The van der Waals surface area contributed by atoms with Crippen LogP contribution >= 0.6 is 15.9 Å². The molecular formula is C13H17BrFNO. The average Bonchev–Trinajstić information content (AvgIpc) is 2.28. The zero-order chi connectivity index (χ0) is 13.0. The standard InChI is InChI=1S/C13H17BrFNO/c1-4-7-16(9(2)3)13(17)11-8-10(14)5-6-12(11)15/h5-6,8-9H,4,7H2,1-3H3. The van der Waals surface area contributed by atoms with Crippen molar-refractivity contribution in [3.05, 3.63) is 34.1 Å². The van der Waals surface area contributed by atoms with E-state index in [0.29, 0.717) is 11.0 Å². The maximum Gasteiger partial charge on any atom is 0.257 e. The normalized spacial score (nSPS) is 10.7. The summed E-state index contributed by atoms with van der Waals surface area (Å²) in [6.45, 7) is 6.51. The van der Waals surface area contributed by atoms with Crippen molar-refractivity contribution in [2.45, 2.75) is 33.2 Å². The minimum Gasteiger partial charge on any atom is -0.336 e. The van der Waals surface area contributed by atoms with Crippen LogP contribution in [0.1, 0.15) is 37.6 Å². The number of rotatable bonds is 4. The molecule has 4 heteroatoms. The first-order valence-corrected chi connectivity index (χ1v) is 6.52. The van der Waals surface area contributed by atoms with Gasteiger partial charge in [0.15, 0.2) is 0 Å². The van der Waals surface area contributed by atoms with Gasteiger partial charge in [0.1, 0.15) is 5.82 Å². The van der Waals surface area contributed by atoms with Crippen LogP contribution in [0.25, 0.3) is 0 Å². The van der Waals surface area contributed by atoms with Gasteiger partial charge in [0.25, 0.3) is 5.91 Å². The van der Waals surface area contributed by atoms with Gasteiger partial charge in [-0.15, -0.1) is 0 Å². The predicted octanol–water partition coefficient (Wildman–Crippen LogP) is 3.85. The van der Waals surface area contributed by atoms with Gasteiger partial charge in [-0.25, -0.2) is 4.39 Å². The first kappa shape index (κ1) is 14.2. The molecule has 0 fully saturated rings. The zero-order valence-electron chi connectivity index (χ0n) is 10.3. The Hall–Kier alpha value is -0.900. The van der Waals surface area contributed by atoms with E-state index in [9.17, 15) is 9.18 Å². The zero-order valence-corrected chi connectivity index (χ0v) is 11.9. The summed E-state index contributed by atoms with van der Waals surface area (Å²) in [5, 5.41) is 0. The lowest BCUT2D eigenvalue weighted by atomic mass is 10.1. The van der Waals surface area contributed by atoms with E-state index >= 15 is 0 Å². The fourth-order valence-corrected chi connectivity index (χ4v) is 2.01. The summed E-state index contributed by atoms with van der Waals surface area (Å²) >= 11 is 3.25. The number of amides is 1. The van der Waals surface area contributed by atoms with Crippen molar-refractivity contribution in [1.82, 2.24) is 4.90 Å². The van der Waals surface area contributed by atoms with Crippen LogP contribution in [0, 0.1) is 5.82 Å². The average molecular weight is 302 g/mol. The number of halogens is 2. The van der Waals surface area contributed by atoms with E-state index in [1.54, 1.807) is 11.0 Å². The molecule has 0 bridgehead atoms. The Bertz CT molecular complexity index is 406. The lowest BCUT2D eigenvalue weighted by molar-refractivity contribution is 0.0701. The molecule has 0 aliphatic carbocycles. The van der Waals surface area contributed by atoms with E-state index in [1.165, 1.54) is 12.1 Å². The molecule has 1 aromatic rings. The quantitative estimate of drug-likeness (QED) is 0.827. The van der Waals surface area contributed by atoms with Gasteiger partial charge in [-0.3, -0.25) is 4.79 Å². The van der Waals surface area contributed by atoms with Crippen molar-refractivity contribution in [3.63, 3.8) is 0 Å². The van der Waals surface area contributed by atoms with E-state index in [4.69, 9.17) is 0 Å². The first-order valence-electron chi connectivity index (χ1n) is 5.73. The van der Waals surface area contributed by atoms with E-state index < -0.39 is 5.82 Å². The van der Waals surface area contributed by atoms with E-state index in [1.807, 2.05) is 20.8 Å². The molecule has 0 saturated heterocycles. The monoisotopic (exact) mass is 301 g/mol. The fourth-order valence-electron chi connectivity index (χ4n) is 1.65. The molecule has 0 unspecified atom stereocenters. The molecule has 2 nitrogen and oxygen atoms in total. The molecule has 0 aromatic heterocycles. The number of hydrogen-bond donors (Lipinski definition) is 0. The molecule has 17 heavy (non-hydrogen) atoms. The molecular weight excluding hydrogens is 285 g/mol. The van der Waals surface area contributed by atoms with Crippen LogP contribution < -0.4 is 0 Å². The van der Waals surface area contributed by atoms with Gasteiger partial charge in [-0.1, -0.05) is 22.9 Å². The first-order chi connectivity index (χ1) is 7.97. The van der Waals surface area contributed by atoms with Crippen molar-refractivity contribution in [2.24, 2.45) is 0 Å². The van der Waals surface area contributed by atoms with Gasteiger partial charge in [-0.2, -0.15) is 0 Å². The van der Waals surface area contributed by atoms with Crippen LogP contribution in [0.15, 0.2) is 22.7 Å². The Balaban J connectivity index is 3.04.